The molecule has 1 aliphatic heterocycles. The van der Waals surface area contributed by atoms with Crippen molar-refractivity contribution in [2.75, 3.05) is 0 Å². The lowest BCUT2D eigenvalue weighted by Crippen LogP contribution is -2.49. The second-order valence-corrected chi connectivity index (χ2v) is 7.54. The van der Waals surface area contributed by atoms with Crippen LogP contribution in [-0.4, -0.2) is 26.1 Å². The van der Waals surface area contributed by atoms with Gasteiger partial charge in [0.15, 0.2) is 11.7 Å². The minimum absolute atomic E-state index is 0.434. The van der Waals surface area contributed by atoms with Gasteiger partial charge >= 0.3 is 0 Å². The van der Waals surface area contributed by atoms with Crippen molar-refractivity contribution in [2.24, 2.45) is 0 Å². The number of ether oxygens (including phenoxy) is 1. The first-order valence-electron chi connectivity index (χ1n) is 9.94. The van der Waals surface area contributed by atoms with Crippen LogP contribution in [0.25, 0.3) is 5.69 Å². The molecular formula is C25H22N2O3. The average molecular weight is 398 g/mol. The molecule has 5 heteroatoms. The summed E-state index contributed by atoms with van der Waals surface area (Å²) in [6.07, 6.45) is -1.98. The van der Waals surface area contributed by atoms with Gasteiger partial charge < -0.3 is 14.9 Å². The third-order valence-electron chi connectivity index (χ3n) is 5.70. The molecule has 0 spiro atoms. The van der Waals surface area contributed by atoms with Crippen LogP contribution in [0.1, 0.15) is 28.5 Å². The summed E-state index contributed by atoms with van der Waals surface area (Å²) < 4.78 is 8.04. The number of hydrogen-bond acceptors (Lipinski definition) is 4. The highest BCUT2D eigenvalue weighted by Gasteiger charge is 2.53. The molecule has 0 unspecified atom stereocenters. The molecule has 0 aliphatic carbocycles. The van der Waals surface area contributed by atoms with E-state index in [2.05, 4.69) is 5.10 Å². The molecule has 0 saturated carbocycles. The van der Waals surface area contributed by atoms with E-state index >= 15 is 0 Å². The number of rotatable bonds is 3. The lowest BCUT2D eigenvalue weighted by molar-refractivity contribution is -0.121. The molecule has 0 radical (unpaired) electrons. The van der Waals surface area contributed by atoms with Crippen molar-refractivity contribution in [1.82, 2.24) is 9.78 Å². The highest BCUT2D eigenvalue weighted by atomic mass is 16.5. The summed E-state index contributed by atoms with van der Waals surface area (Å²) in [5, 5.41) is 28.2. The summed E-state index contributed by atoms with van der Waals surface area (Å²) in [5.41, 5.74) is 1.61. The minimum Gasteiger partial charge on any atom is -0.466 e. The largest absolute Gasteiger partial charge is 0.466 e. The van der Waals surface area contributed by atoms with Crippen molar-refractivity contribution in [1.29, 1.82) is 0 Å². The van der Waals surface area contributed by atoms with Crippen LogP contribution in [0.4, 0.5) is 0 Å². The molecule has 0 bridgehead atoms. The Morgan fingerprint density at radius 1 is 0.867 bits per heavy atom. The Balaban J connectivity index is 1.77. The quantitative estimate of drug-likeness (QED) is 0.549. The van der Waals surface area contributed by atoms with E-state index in [1.54, 1.807) is 4.68 Å². The molecule has 2 heterocycles. The first kappa shape index (κ1) is 18.6. The van der Waals surface area contributed by atoms with Gasteiger partial charge in [-0.05, 0) is 30.2 Å². The third kappa shape index (κ3) is 2.75. The molecule has 30 heavy (non-hydrogen) atoms. The topological polar surface area (TPSA) is 67.5 Å². The second-order valence-electron chi connectivity index (χ2n) is 7.54. The van der Waals surface area contributed by atoms with Crippen LogP contribution in [0, 0.1) is 6.92 Å². The van der Waals surface area contributed by atoms with Crippen LogP contribution in [0.2, 0.25) is 0 Å². The van der Waals surface area contributed by atoms with Crippen molar-refractivity contribution in [3.05, 3.63) is 113 Å². The number of benzene rings is 3. The predicted octanol–water partition coefficient (Wildman–Crippen LogP) is 3.91. The molecule has 1 aromatic heterocycles. The van der Waals surface area contributed by atoms with E-state index in [0.29, 0.717) is 22.7 Å². The standard InChI is InChI=1S/C25H22N2O3/c1-17-21-24(27(26-17)20-15-9-4-10-16-20)30-22(18-11-5-2-6-12-18)23(28)25(21,29)19-13-7-3-8-14-19/h2-16,22-23,28-29H,1H3/t22-,23-,25+/m1/s1. The molecule has 1 aliphatic rings. The number of aryl methyl sites for hydroxylation is 1. The molecule has 150 valence electrons. The molecule has 0 amide bonds. The summed E-state index contributed by atoms with van der Waals surface area (Å²) in [6.45, 7) is 1.82. The van der Waals surface area contributed by atoms with Crippen LogP contribution in [-0.2, 0) is 5.60 Å². The Hall–Kier alpha value is -3.41. The van der Waals surface area contributed by atoms with Gasteiger partial charge in [0.1, 0.15) is 6.10 Å². The minimum atomic E-state index is -1.67. The van der Waals surface area contributed by atoms with Gasteiger partial charge in [-0.3, -0.25) is 0 Å². The SMILES string of the molecule is Cc1nn(-c2ccccc2)c2c1[C@@](O)(c1ccccc1)[C@H](O)[C@@H](c1ccccc1)O2. The Kier molecular flexibility index (Phi) is 4.42. The fourth-order valence-electron chi connectivity index (χ4n) is 4.25. The van der Waals surface area contributed by atoms with Crippen molar-refractivity contribution in [3.63, 3.8) is 0 Å². The maximum atomic E-state index is 12.1. The number of aromatic nitrogens is 2. The Labute approximate surface area is 174 Å². The van der Waals surface area contributed by atoms with Crippen molar-refractivity contribution >= 4 is 0 Å². The number of hydrogen-bond donors (Lipinski definition) is 2. The smallest absolute Gasteiger partial charge is 0.224 e. The van der Waals surface area contributed by atoms with Crippen LogP contribution in [0.15, 0.2) is 91.0 Å². The van der Waals surface area contributed by atoms with E-state index in [1.165, 1.54) is 0 Å². The van der Waals surface area contributed by atoms with E-state index in [1.807, 2.05) is 97.9 Å². The Morgan fingerprint density at radius 3 is 2.07 bits per heavy atom. The van der Waals surface area contributed by atoms with Gasteiger partial charge in [-0.25, -0.2) is 4.68 Å². The number of aliphatic hydroxyl groups is 2. The Bertz CT molecular complexity index is 1160. The maximum absolute atomic E-state index is 12.1. The predicted molar refractivity (Wildman–Crippen MR) is 114 cm³/mol. The van der Waals surface area contributed by atoms with Gasteiger partial charge in [0.05, 0.1) is 16.9 Å². The first-order chi connectivity index (χ1) is 14.6. The number of para-hydroxylation sites is 1. The number of fused-ring (bicyclic) bond motifs is 1. The lowest BCUT2D eigenvalue weighted by Gasteiger charge is -2.42. The van der Waals surface area contributed by atoms with Crippen molar-refractivity contribution in [2.45, 2.75) is 24.7 Å². The molecule has 0 saturated heterocycles. The molecule has 4 aromatic rings. The van der Waals surface area contributed by atoms with E-state index in [0.717, 1.165) is 11.3 Å². The summed E-state index contributed by atoms with van der Waals surface area (Å²) in [5.74, 6) is 0.434. The van der Waals surface area contributed by atoms with E-state index in [9.17, 15) is 10.2 Å². The number of nitrogens with zero attached hydrogens (tertiary/aromatic N) is 2. The summed E-state index contributed by atoms with van der Waals surface area (Å²) in [6, 6.07) is 28.3. The normalized spacial score (nSPS) is 22.9. The van der Waals surface area contributed by atoms with Gasteiger partial charge in [-0.1, -0.05) is 78.9 Å². The van der Waals surface area contributed by atoms with Crippen LogP contribution in [0.5, 0.6) is 5.88 Å². The summed E-state index contributed by atoms with van der Waals surface area (Å²) in [4.78, 5) is 0. The molecule has 2 N–H and O–H groups in total. The summed E-state index contributed by atoms with van der Waals surface area (Å²) in [7, 11) is 0. The fourth-order valence-corrected chi connectivity index (χ4v) is 4.25. The highest BCUT2D eigenvalue weighted by molar-refractivity contribution is 5.52. The van der Waals surface area contributed by atoms with E-state index in [4.69, 9.17) is 4.74 Å². The van der Waals surface area contributed by atoms with Gasteiger partial charge in [0, 0.05) is 0 Å². The van der Waals surface area contributed by atoms with Crippen LogP contribution < -0.4 is 4.74 Å². The van der Waals surface area contributed by atoms with Gasteiger partial charge in [0.2, 0.25) is 5.88 Å². The molecular weight excluding hydrogens is 376 g/mol. The second kappa shape index (κ2) is 7.13. The monoisotopic (exact) mass is 398 g/mol. The lowest BCUT2D eigenvalue weighted by atomic mass is 9.76. The molecule has 0 fully saturated rings. The summed E-state index contributed by atoms with van der Waals surface area (Å²) >= 11 is 0. The van der Waals surface area contributed by atoms with Crippen molar-refractivity contribution in [3.8, 4) is 11.6 Å². The van der Waals surface area contributed by atoms with Crippen LogP contribution >= 0.6 is 0 Å². The maximum Gasteiger partial charge on any atom is 0.224 e. The van der Waals surface area contributed by atoms with Gasteiger partial charge in [0.25, 0.3) is 0 Å². The zero-order valence-electron chi connectivity index (χ0n) is 16.5. The molecule has 3 aromatic carbocycles. The molecule has 5 nitrogen and oxygen atoms in total. The zero-order chi connectivity index (χ0) is 20.7. The van der Waals surface area contributed by atoms with Crippen LogP contribution in [0.3, 0.4) is 0 Å². The zero-order valence-corrected chi connectivity index (χ0v) is 16.5. The van der Waals surface area contributed by atoms with E-state index < -0.39 is 17.8 Å². The van der Waals surface area contributed by atoms with E-state index in [-0.39, 0.29) is 0 Å². The third-order valence-corrected chi connectivity index (χ3v) is 5.70. The highest BCUT2D eigenvalue weighted by Crippen LogP contribution is 2.50. The van der Waals surface area contributed by atoms with Gasteiger partial charge in [-0.15, -0.1) is 0 Å². The Morgan fingerprint density at radius 2 is 1.43 bits per heavy atom. The molecule has 3 atom stereocenters. The molecule has 5 rings (SSSR count). The number of aliphatic hydroxyl groups excluding tert-OH is 1. The van der Waals surface area contributed by atoms with Gasteiger partial charge in [-0.2, -0.15) is 5.10 Å². The van der Waals surface area contributed by atoms with Crippen molar-refractivity contribution < 1.29 is 14.9 Å². The fraction of sp³-hybridized carbons (Fsp3) is 0.160. The first-order valence-corrected chi connectivity index (χ1v) is 9.94. The average Bonchev–Trinajstić information content (AvgIpc) is 3.14.